The van der Waals surface area contributed by atoms with Gasteiger partial charge < -0.3 is 23.5 Å². The van der Waals surface area contributed by atoms with Crippen LogP contribution in [0.15, 0.2) is 479 Å². The summed E-state index contributed by atoms with van der Waals surface area (Å²) in [7, 11) is 0. The summed E-state index contributed by atoms with van der Waals surface area (Å²) in [5.74, 6) is 0. The molecule has 3 aromatic heterocycles. The van der Waals surface area contributed by atoms with Crippen LogP contribution in [0.5, 0.6) is 0 Å². The fourth-order valence-electron chi connectivity index (χ4n) is 23.1. The smallest absolute Gasteiger partial charge is 0.0547 e. The van der Waals surface area contributed by atoms with Gasteiger partial charge in [-0.1, -0.05) is 387 Å². The Balaban J connectivity index is 0.000000145. The molecule has 0 atom stereocenters. The number of fused-ring (bicyclic) bond motifs is 16. The van der Waals surface area contributed by atoms with Crippen LogP contribution in [-0.2, 0) is 16.2 Å². The van der Waals surface area contributed by atoms with E-state index in [9.17, 15) is 0 Å². The van der Waals surface area contributed by atoms with Crippen molar-refractivity contribution in [3.05, 3.63) is 513 Å². The average Bonchev–Trinajstić information content (AvgIpc) is 1.55. The van der Waals surface area contributed by atoms with Crippen LogP contribution in [-0.4, -0.2) is 13.7 Å². The summed E-state index contributed by atoms with van der Waals surface area (Å²) in [6, 6.07) is 177. The Morgan fingerprint density at radius 2 is 0.537 bits per heavy atom. The lowest BCUT2D eigenvalue weighted by atomic mass is 9.81. The maximum atomic E-state index is 2.52. The molecular weight excluding hydrogens is 1640 g/mol. The monoisotopic (exact) mass is 1740 g/mol. The number of anilines is 6. The van der Waals surface area contributed by atoms with Gasteiger partial charge in [0.05, 0.1) is 56.0 Å². The molecule has 3 aliphatic rings. The largest absolute Gasteiger partial charge is 0.310 e. The third kappa shape index (κ3) is 13.2. The van der Waals surface area contributed by atoms with Gasteiger partial charge in [-0.2, -0.15) is 0 Å². The summed E-state index contributed by atoms with van der Waals surface area (Å²) in [6.07, 6.45) is 0. The molecule has 20 aromatic carbocycles. The van der Waals surface area contributed by atoms with Crippen molar-refractivity contribution in [2.24, 2.45) is 0 Å². The minimum absolute atomic E-state index is 0.0775. The van der Waals surface area contributed by atoms with E-state index in [1.54, 1.807) is 0 Å². The van der Waals surface area contributed by atoms with Gasteiger partial charge in [0.25, 0.3) is 0 Å². The molecule has 26 rings (SSSR count). The van der Waals surface area contributed by atoms with E-state index in [0.29, 0.717) is 0 Å². The summed E-state index contributed by atoms with van der Waals surface area (Å²) >= 11 is 0. The highest BCUT2D eigenvalue weighted by atomic mass is 15.2. The molecule has 136 heavy (non-hydrogen) atoms. The molecule has 5 nitrogen and oxygen atoms in total. The van der Waals surface area contributed by atoms with Crippen LogP contribution in [0.4, 0.5) is 34.1 Å². The van der Waals surface area contributed by atoms with Crippen LogP contribution in [0.2, 0.25) is 0 Å². The molecule has 0 saturated heterocycles. The molecule has 0 fully saturated rings. The quantitative estimate of drug-likeness (QED) is 0.102. The predicted molar refractivity (Wildman–Crippen MR) is 573 cm³/mol. The van der Waals surface area contributed by atoms with E-state index in [1.165, 1.54) is 172 Å². The first kappa shape index (κ1) is 81.2. The molecule has 3 heterocycles. The number of nitrogens with zero attached hydrogens (tertiary/aromatic N) is 5. The summed E-state index contributed by atoms with van der Waals surface area (Å²) in [5, 5.41) is 6.20. The molecule has 0 unspecified atom stereocenters. The van der Waals surface area contributed by atoms with Crippen molar-refractivity contribution in [1.82, 2.24) is 13.7 Å². The molecule has 0 saturated carbocycles. The van der Waals surface area contributed by atoms with Gasteiger partial charge >= 0.3 is 0 Å². The molecule has 0 radical (unpaired) electrons. The highest BCUT2D eigenvalue weighted by molar-refractivity contribution is 6.13. The Morgan fingerprint density at radius 1 is 0.184 bits per heavy atom. The van der Waals surface area contributed by atoms with Gasteiger partial charge in [0.15, 0.2) is 0 Å². The maximum Gasteiger partial charge on any atom is 0.0547 e. The predicted octanol–water partition coefficient (Wildman–Crippen LogP) is 35.4. The molecule has 646 valence electrons. The highest BCUT2D eigenvalue weighted by Gasteiger charge is 2.41. The molecule has 0 spiro atoms. The van der Waals surface area contributed by atoms with Gasteiger partial charge in [-0.15, -0.1) is 0 Å². The lowest BCUT2D eigenvalue weighted by Crippen LogP contribution is -2.18. The van der Waals surface area contributed by atoms with Crippen LogP contribution >= 0.6 is 0 Å². The second kappa shape index (κ2) is 32.3. The fourth-order valence-corrected chi connectivity index (χ4v) is 23.1. The number of hydrogen-bond acceptors (Lipinski definition) is 2. The van der Waals surface area contributed by atoms with Gasteiger partial charge in [0.1, 0.15) is 0 Å². The van der Waals surface area contributed by atoms with Crippen molar-refractivity contribution >= 4 is 88.6 Å². The van der Waals surface area contributed by atoms with Crippen molar-refractivity contribution in [2.75, 3.05) is 9.80 Å². The van der Waals surface area contributed by atoms with Gasteiger partial charge in [0, 0.05) is 82.7 Å². The van der Waals surface area contributed by atoms with Crippen LogP contribution in [0.3, 0.4) is 0 Å². The Labute approximate surface area is 794 Å². The third-order valence-electron chi connectivity index (χ3n) is 29.4. The SMILES string of the molecule is CC1(C)c2ccccc2-c2cc(N(c3ccc(-c4ccccc4)cc3)c3ccccc3-c3cccc(-c4ccc5c6ccccc6n(-c6cccc7c6C(C)(C)c6ccccc6-7)c5c4)c3)ccc21.CC1(C)c2ccccc2-c2cccc(-n3c4ccccc4c4ccc(-c5cccc(-c6ccccc6N(c6ccccc6)c6ccc7c(c6)cc(-c6ccccc6)n7-c6ccccc6)c5)cc43)c21. The van der Waals surface area contributed by atoms with Gasteiger partial charge in [0.2, 0.25) is 0 Å². The number of rotatable bonds is 15. The molecule has 0 N–H and O–H groups in total. The van der Waals surface area contributed by atoms with Crippen LogP contribution in [0.1, 0.15) is 74.9 Å². The zero-order chi connectivity index (χ0) is 91.1. The Hall–Kier alpha value is -16.9. The second-order valence-electron chi connectivity index (χ2n) is 38.2. The minimum atomic E-state index is -0.155. The van der Waals surface area contributed by atoms with E-state index in [0.717, 1.165) is 67.7 Å². The highest BCUT2D eigenvalue weighted by Crippen LogP contribution is 2.57. The normalized spacial score (nSPS) is 13.2. The van der Waals surface area contributed by atoms with Crippen LogP contribution in [0, 0.1) is 0 Å². The van der Waals surface area contributed by atoms with E-state index in [2.05, 4.69) is 544 Å². The molecule has 5 heteroatoms. The van der Waals surface area contributed by atoms with Crippen molar-refractivity contribution in [1.29, 1.82) is 0 Å². The molecular formula is C131H97N5. The van der Waals surface area contributed by atoms with E-state index in [4.69, 9.17) is 0 Å². The Kier molecular flexibility index (Phi) is 19.3. The van der Waals surface area contributed by atoms with Crippen LogP contribution in [0.25, 0.3) is 172 Å². The first-order valence-corrected chi connectivity index (χ1v) is 47.5. The van der Waals surface area contributed by atoms with Crippen molar-refractivity contribution in [3.8, 4) is 117 Å². The molecule has 3 aliphatic carbocycles. The van der Waals surface area contributed by atoms with Crippen LogP contribution < -0.4 is 9.80 Å². The zero-order valence-electron chi connectivity index (χ0n) is 76.8. The first-order chi connectivity index (χ1) is 66.8. The fraction of sp³-hybridized carbons (Fsp3) is 0.0687. The van der Waals surface area contributed by atoms with Crippen molar-refractivity contribution in [2.45, 2.75) is 57.8 Å². The second-order valence-corrected chi connectivity index (χ2v) is 38.2. The topological polar surface area (TPSA) is 21.3 Å². The molecule has 23 aromatic rings. The Morgan fingerprint density at radius 3 is 1.07 bits per heavy atom. The number of benzene rings is 20. The molecule has 0 amide bonds. The maximum absolute atomic E-state index is 2.52. The van der Waals surface area contributed by atoms with E-state index in [1.807, 2.05) is 0 Å². The number of aromatic nitrogens is 3. The standard InChI is InChI=1S/C66H50N2.C65H47N3/c1-65(2)57-27-12-9-24-52(57)56-42-49(37-39-59(56)65)67(48-35-32-44(33-36-48)43-18-6-5-7-19-43)60-29-14-10-22-50(60)47-21-16-20-45(40-47)46-34-38-54-53-25-11-15-30-61(53)68(63(54)41-46)62-31-17-26-55-51-23-8-13-28-58(51)66(3,4)64(55)62;1-65(2)57-32-15-12-29-53(57)56-31-19-35-61(64(56)65)68-60-34-17-14-30-54(60)55-38-36-46(42-63(55)68)45-22-18-23-47(40-45)52-28-13-16-33-59(52)66(49-24-8-4-9-25-49)51-37-39-58-48(41-51)43-62(44-20-6-3-7-21-44)67(58)50-26-10-5-11-27-50/h5-42H,1-4H3;3-43H,1-2H3. The van der Waals surface area contributed by atoms with E-state index in [-0.39, 0.29) is 16.2 Å². The molecule has 0 bridgehead atoms. The summed E-state index contributed by atoms with van der Waals surface area (Å²) in [4.78, 5) is 4.86. The van der Waals surface area contributed by atoms with Gasteiger partial charge in [-0.25, -0.2) is 0 Å². The summed E-state index contributed by atoms with van der Waals surface area (Å²) in [5.41, 5.74) is 46.2. The van der Waals surface area contributed by atoms with E-state index < -0.39 is 0 Å². The lowest BCUT2D eigenvalue weighted by Gasteiger charge is -2.29. The van der Waals surface area contributed by atoms with Crippen molar-refractivity contribution in [3.63, 3.8) is 0 Å². The Bertz CT molecular complexity index is 8680. The lowest BCUT2D eigenvalue weighted by molar-refractivity contribution is 0.656. The zero-order valence-corrected chi connectivity index (χ0v) is 76.8. The molecule has 0 aliphatic heterocycles. The third-order valence-corrected chi connectivity index (χ3v) is 29.4. The van der Waals surface area contributed by atoms with Gasteiger partial charge in [-0.3, -0.25) is 0 Å². The van der Waals surface area contributed by atoms with Crippen molar-refractivity contribution < 1.29 is 0 Å². The average molecular weight is 1740 g/mol. The summed E-state index contributed by atoms with van der Waals surface area (Å²) in [6.45, 7) is 14.2. The first-order valence-electron chi connectivity index (χ1n) is 47.5. The van der Waals surface area contributed by atoms with E-state index >= 15 is 0 Å². The van der Waals surface area contributed by atoms with Gasteiger partial charge in [-0.05, 0) is 250 Å². The minimum Gasteiger partial charge on any atom is -0.310 e. The number of hydrogen-bond donors (Lipinski definition) is 0. The number of para-hydroxylation sites is 6. The summed E-state index contributed by atoms with van der Waals surface area (Å²) < 4.78 is 7.42.